The molecule has 0 atom stereocenters. The van der Waals surface area contributed by atoms with Gasteiger partial charge in [0.25, 0.3) is 5.91 Å². The molecule has 0 bridgehead atoms. The van der Waals surface area contributed by atoms with Crippen molar-refractivity contribution in [2.24, 2.45) is 0 Å². The zero-order valence-corrected chi connectivity index (χ0v) is 20.0. The first-order valence-electron chi connectivity index (χ1n) is 11.9. The maximum atomic E-state index is 12.8. The fourth-order valence-electron chi connectivity index (χ4n) is 4.42. The van der Waals surface area contributed by atoms with E-state index in [1.165, 1.54) is 23.3 Å². The Hall–Kier alpha value is -4.53. The third-order valence-corrected chi connectivity index (χ3v) is 6.49. The molecule has 1 amide bonds. The molecule has 180 valence electrons. The van der Waals surface area contributed by atoms with Gasteiger partial charge in [-0.25, -0.2) is 19.4 Å². The number of carbonyl (C=O) groups is 1. The summed E-state index contributed by atoms with van der Waals surface area (Å²) in [6.45, 7) is 0.364. The lowest BCUT2D eigenvalue weighted by atomic mass is 10.0. The molecular weight excluding hydrogens is 454 g/mol. The van der Waals surface area contributed by atoms with Gasteiger partial charge in [-0.15, -0.1) is 0 Å². The van der Waals surface area contributed by atoms with Gasteiger partial charge < -0.3 is 9.88 Å². The minimum absolute atomic E-state index is 0.148. The van der Waals surface area contributed by atoms with E-state index in [0.29, 0.717) is 35.1 Å². The van der Waals surface area contributed by atoms with E-state index in [1.54, 1.807) is 41.8 Å². The van der Waals surface area contributed by atoms with Crippen molar-refractivity contribution in [2.45, 2.75) is 25.3 Å². The van der Waals surface area contributed by atoms with Crippen LogP contribution < -0.4 is 5.69 Å². The molecule has 0 aliphatic heterocycles. The fourth-order valence-corrected chi connectivity index (χ4v) is 4.42. The number of fused-ring (bicyclic) bond motifs is 1. The number of imidazole rings is 1. The Kier molecular flexibility index (Phi) is 5.25. The van der Waals surface area contributed by atoms with E-state index in [2.05, 4.69) is 33.3 Å². The number of benzene rings is 2. The standard InChI is InChI=1S/C27H25N7O2/c1-32(2)26(35)22-13-14-34(31-22)19-11-7-17(8-12-19)16-33-25-23(29-27(33)36)15-28-24(30-25)21-6-4-3-5-20(21)18-9-10-18/h3-8,11-15,18H,9-10,16H2,1-2H3,(H,29,36). The summed E-state index contributed by atoms with van der Waals surface area (Å²) in [5, 5.41) is 4.37. The number of nitrogens with one attached hydrogen (secondary N) is 1. The molecule has 36 heavy (non-hydrogen) atoms. The summed E-state index contributed by atoms with van der Waals surface area (Å²) in [7, 11) is 3.39. The summed E-state index contributed by atoms with van der Waals surface area (Å²) in [6, 6.07) is 17.7. The van der Waals surface area contributed by atoms with Crippen LogP contribution in [0.2, 0.25) is 0 Å². The van der Waals surface area contributed by atoms with E-state index < -0.39 is 0 Å². The number of carbonyl (C=O) groups excluding carboxylic acids is 1. The molecule has 5 aromatic rings. The van der Waals surface area contributed by atoms with Crippen LogP contribution in [-0.2, 0) is 6.54 Å². The summed E-state index contributed by atoms with van der Waals surface area (Å²) >= 11 is 0. The number of aromatic amines is 1. The second-order valence-corrected chi connectivity index (χ2v) is 9.32. The Morgan fingerprint density at radius 2 is 1.86 bits per heavy atom. The largest absolute Gasteiger partial charge is 0.343 e. The van der Waals surface area contributed by atoms with Gasteiger partial charge >= 0.3 is 5.69 Å². The quantitative estimate of drug-likeness (QED) is 0.401. The molecule has 0 spiro atoms. The van der Waals surface area contributed by atoms with Crippen molar-refractivity contribution < 1.29 is 4.79 Å². The lowest BCUT2D eigenvalue weighted by Crippen LogP contribution is -2.22. The highest BCUT2D eigenvalue weighted by Crippen LogP contribution is 2.43. The average molecular weight is 480 g/mol. The molecule has 0 unspecified atom stereocenters. The number of hydrogen-bond acceptors (Lipinski definition) is 5. The molecule has 0 radical (unpaired) electrons. The first-order chi connectivity index (χ1) is 17.5. The number of hydrogen-bond donors (Lipinski definition) is 1. The van der Waals surface area contributed by atoms with Gasteiger partial charge in [-0.05, 0) is 48.1 Å². The van der Waals surface area contributed by atoms with Gasteiger partial charge in [0.15, 0.2) is 17.2 Å². The Morgan fingerprint density at radius 3 is 2.61 bits per heavy atom. The molecule has 0 saturated heterocycles. The van der Waals surface area contributed by atoms with Crippen LogP contribution in [0.25, 0.3) is 28.2 Å². The van der Waals surface area contributed by atoms with Gasteiger partial charge in [-0.1, -0.05) is 36.4 Å². The number of nitrogens with zero attached hydrogens (tertiary/aromatic N) is 6. The molecule has 3 aromatic heterocycles. The Balaban J connectivity index is 1.29. The molecule has 9 nitrogen and oxygen atoms in total. The number of H-pyrrole nitrogens is 1. The Bertz CT molecular complexity index is 1640. The van der Waals surface area contributed by atoms with Crippen molar-refractivity contribution in [2.75, 3.05) is 14.1 Å². The number of rotatable bonds is 6. The third-order valence-electron chi connectivity index (χ3n) is 6.49. The average Bonchev–Trinajstić information content (AvgIpc) is 3.55. The molecule has 3 heterocycles. The summed E-state index contributed by atoms with van der Waals surface area (Å²) in [5.74, 6) is 1.05. The minimum Gasteiger partial charge on any atom is -0.343 e. The molecule has 2 aromatic carbocycles. The van der Waals surface area contributed by atoms with Crippen molar-refractivity contribution in [3.8, 4) is 17.1 Å². The second kappa shape index (κ2) is 8.60. The van der Waals surface area contributed by atoms with Crippen LogP contribution in [0.15, 0.2) is 71.8 Å². The Morgan fingerprint density at radius 1 is 1.08 bits per heavy atom. The number of amides is 1. The highest BCUT2D eigenvalue weighted by molar-refractivity contribution is 5.91. The van der Waals surface area contributed by atoms with Crippen LogP contribution in [0.3, 0.4) is 0 Å². The fraction of sp³-hybridized carbons (Fsp3) is 0.222. The maximum Gasteiger partial charge on any atom is 0.328 e. The first kappa shape index (κ1) is 22.0. The predicted octanol–water partition coefficient (Wildman–Crippen LogP) is 3.60. The van der Waals surface area contributed by atoms with Crippen molar-refractivity contribution in [1.82, 2.24) is 34.2 Å². The number of aromatic nitrogens is 6. The van der Waals surface area contributed by atoms with Crippen LogP contribution in [0.1, 0.15) is 40.4 Å². The van der Waals surface area contributed by atoms with Gasteiger partial charge in [0.1, 0.15) is 5.52 Å². The van der Waals surface area contributed by atoms with Crippen LogP contribution in [-0.4, -0.2) is 54.2 Å². The zero-order chi connectivity index (χ0) is 24.8. The van der Waals surface area contributed by atoms with E-state index in [4.69, 9.17) is 4.98 Å². The second-order valence-electron chi connectivity index (χ2n) is 9.32. The van der Waals surface area contributed by atoms with Gasteiger partial charge in [0, 0.05) is 25.9 Å². The monoisotopic (exact) mass is 479 g/mol. The summed E-state index contributed by atoms with van der Waals surface area (Å²) < 4.78 is 3.30. The topological polar surface area (TPSA) is 102 Å². The van der Waals surface area contributed by atoms with Gasteiger partial charge in [0.2, 0.25) is 0 Å². The smallest absolute Gasteiger partial charge is 0.328 e. The van der Waals surface area contributed by atoms with Crippen molar-refractivity contribution >= 4 is 17.1 Å². The lowest BCUT2D eigenvalue weighted by Gasteiger charge is -2.09. The van der Waals surface area contributed by atoms with E-state index in [1.807, 2.05) is 30.3 Å². The SMILES string of the molecule is CN(C)C(=O)c1ccn(-c2ccc(Cn3c(=O)[nH]c4cnc(-c5ccccc5C5CC5)nc43)cc2)n1. The predicted molar refractivity (Wildman–Crippen MR) is 136 cm³/mol. The molecule has 9 heteroatoms. The lowest BCUT2D eigenvalue weighted by molar-refractivity contribution is 0.0821. The molecule has 1 fully saturated rings. The molecular formula is C27H25N7O2. The highest BCUT2D eigenvalue weighted by Gasteiger charge is 2.27. The highest BCUT2D eigenvalue weighted by atomic mass is 16.2. The molecule has 1 N–H and O–H groups in total. The third kappa shape index (κ3) is 3.98. The van der Waals surface area contributed by atoms with E-state index in [0.717, 1.165) is 16.8 Å². The van der Waals surface area contributed by atoms with Crippen molar-refractivity contribution in [3.05, 3.63) is 94.3 Å². The first-order valence-corrected chi connectivity index (χ1v) is 11.9. The van der Waals surface area contributed by atoms with Crippen LogP contribution >= 0.6 is 0 Å². The van der Waals surface area contributed by atoms with Crippen molar-refractivity contribution in [1.29, 1.82) is 0 Å². The van der Waals surface area contributed by atoms with Gasteiger partial charge in [-0.2, -0.15) is 5.10 Å². The normalized spacial score (nSPS) is 13.3. The summed E-state index contributed by atoms with van der Waals surface area (Å²) in [4.78, 5) is 38.6. The molecule has 1 saturated carbocycles. The van der Waals surface area contributed by atoms with E-state index >= 15 is 0 Å². The van der Waals surface area contributed by atoms with Crippen LogP contribution in [0.4, 0.5) is 0 Å². The minimum atomic E-state index is -0.227. The van der Waals surface area contributed by atoms with Crippen molar-refractivity contribution in [3.63, 3.8) is 0 Å². The molecule has 1 aliphatic carbocycles. The maximum absolute atomic E-state index is 12.8. The van der Waals surface area contributed by atoms with E-state index in [9.17, 15) is 9.59 Å². The summed E-state index contributed by atoms with van der Waals surface area (Å²) in [6.07, 6.45) is 5.83. The van der Waals surface area contributed by atoms with Gasteiger partial charge in [0.05, 0.1) is 18.4 Å². The summed E-state index contributed by atoms with van der Waals surface area (Å²) in [5.41, 5.74) is 5.41. The molecule has 1 aliphatic rings. The van der Waals surface area contributed by atoms with Crippen LogP contribution in [0, 0.1) is 0 Å². The van der Waals surface area contributed by atoms with Gasteiger partial charge in [-0.3, -0.25) is 9.36 Å². The zero-order valence-electron chi connectivity index (χ0n) is 20.0. The molecule has 6 rings (SSSR count). The van der Waals surface area contributed by atoms with Crippen LogP contribution in [0.5, 0.6) is 0 Å². The Labute approximate surface area is 207 Å². The van der Waals surface area contributed by atoms with E-state index in [-0.39, 0.29) is 11.6 Å².